The van der Waals surface area contributed by atoms with Gasteiger partial charge in [-0.1, -0.05) is 24.6 Å². The maximum Gasteiger partial charge on any atom is 0.247 e. The summed E-state index contributed by atoms with van der Waals surface area (Å²) >= 11 is 0. The molecule has 1 aromatic carbocycles. The Hall–Kier alpha value is -1.76. The fourth-order valence-electron chi connectivity index (χ4n) is 2.29. The van der Waals surface area contributed by atoms with Gasteiger partial charge in [-0.05, 0) is 33.0 Å². The molecule has 0 aliphatic rings. The molecule has 2 N–H and O–H groups in total. The average Bonchev–Trinajstić information content (AvgIpc) is 3.04. The number of aromatic nitrogens is 2. The van der Waals surface area contributed by atoms with Crippen LogP contribution in [0.3, 0.4) is 0 Å². The van der Waals surface area contributed by atoms with E-state index in [1.54, 1.807) is 0 Å². The van der Waals surface area contributed by atoms with Crippen molar-refractivity contribution in [1.29, 1.82) is 0 Å². The first-order chi connectivity index (χ1) is 10.9. The zero-order chi connectivity index (χ0) is 17.0. The van der Waals surface area contributed by atoms with E-state index in [9.17, 15) is 10.2 Å². The van der Waals surface area contributed by atoms with Crippen LogP contribution >= 0.6 is 0 Å². The summed E-state index contributed by atoms with van der Waals surface area (Å²) in [7, 11) is 1.91. The van der Waals surface area contributed by atoms with Crippen LogP contribution in [0, 0.1) is 12.3 Å². The summed E-state index contributed by atoms with van der Waals surface area (Å²) < 4.78 is 5.79. The second-order valence-electron chi connectivity index (χ2n) is 6.53. The molecule has 2 rings (SSSR count). The van der Waals surface area contributed by atoms with Gasteiger partial charge in [-0.25, -0.2) is 0 Å². The molecule has 0 saturated heterocycles. The minimum Gasteiger partial charge on any atom is -0.419 e. The minimum absolute atomic E-state index is 0.0843. The predicted molar refractivity (Wildman–Crippen MR) is 87.8 cm³/mol. The first kappa shape index (κ1) is 17.6. The molecule has 1 unspecified atom stereocenters. The minimum atomic E-state index is -0.567. The van der Waals surface area contributed by atoms with Gasteiger partial charge in [0.2, 0.25) is 11.8 Å². The van der Waals surface area contributed by atoms with Crippen molar-refractivity contribution < 1.29 is 14.6 Å². The Morgan fingerprint density at radius 2 is 1.78 bits per heavy atom. The molecule has 1 atom stereocenters. The standard InChI is InChI=1S/C17H25N3O3/c1-12-5-7-14(8-6-12)16-19-18-15(23-16)13(2)20(4)9-17(3,10-21)11-22/h5-8,13,21-22H,9-11H2,1-4H3. The third-order valence-electron chi connectivity index (χ3n) is 4.15. The molecule has 0 bridgehead atoms. The molecular weight excluding hydrogens is 294 g/mol. The molecule has 126 valence electrons. The number of hydrogen-bond acceptors (Lipinski definition) is 6. The molecular formula is C17H25N3O3. The lowest BCUT2D eigenvalue weighted by atomic mass is 9.92. The van der Waals surface area contributed by atoms with E-state index in [0.717, 1.165) is 5.56 Å². The average molecular weight is 319 g/mol. The molecule has 0 saturated carbocycles. The van der Waals surface area contributed by atoms with Gasteiger partial charge in [0, 0.05) is 17.5 Å². The van der Waals surface area contributed by atoms with Gasteiger partial charge in [0.15, 0.2) is 0 Å². The Bertz CT molecular complexity index is 620. The predicted octanol–water partition coefficient (Wildman–Crippen LogP) is 2.03. The highest BCUT2D eigenvalue weighted by Gasteiger charge is 2.28. The van der Waals surface area contributed by atoms with Gasteiger partial charge in [-0.3, -0.25) is 4.90 Å². The summed E-state index contributed by atoms with van der Waals surface area (Å²) in [5.74, 6) is 1.01. The summed E-state index contributed by atoms with van der Waals surface area (Å²) in [5, 5.41) is 27.1. The van der Waals surface area contributed by atoms with Crippen LogP contribution in [0.5, 0.6) is 0 Å². The van der Waals surface area contributed by atoms with Crippen molar-refractivity contribution in [2.24, 2.45) is 5.41 Å². The summed E-state index contributed by atoms with van der Waals surface area (Å²) in [6.45, 7) is 6.17. The Labute approximate surface area is 136 Å². The van der Waals surface area contributed by atoms with Crippen molar-refractivity contribution in [2.75, 3.05) is 26.8 Å². The fourth-order valence-corrected chi connectivity index (χ4v) is 2.29. The number of benzene rings is 1. The Morgan fingerprint density at radius 3 is 2.35 bits per heavy atom. The Morgan fingerprint density at radius 1 is 1.17 bits per heavy atom. The number of rotatable bonds is 7. The van der Waals surface area contributed by atoms with E-state index in [1.807, 2.05) is 57.0 Å². The quantitative estimate of drug-likeness (QED) is 0.812. The highest BCUT2D eigenvalue weighted by atomic mass is 16.4. The molecule has 1 heterocycles. The van der Waals surface area contributed by atoms with E-state index >= 15 is 0 Å². The normalized spacial score (nSPS) is 13.5. The highest BCUT2D eigenvalue weighted by molar-refractivity contribution is 5.52. The smallest absolute Gasteiger partial charge is 0.247 e. The molecule has 0 amide bonds. The van der Waals surface area contributed by atoms with Crippen LogP contribution in [0.4, 0.5) is 0 Å². The Balaban J connectivity index is 2.11. The lowest BCUT2D eigenvalue weighted by Crippen LogP contribution is -2.40. The number of aliphatic hydroxyl groups excluding tert-OH is 2. The number of aliphatic hydroxyl groups is 2. The van der Waals surface area contributed by atoms with Crippen LogP contribution in [0.2, 0.25) is 0 Å². The van der Waals surface area contributed by atoms with Crippen molar-refractivity contribution in [3.05, 3.63) is 35.7 Å². The molecule has 0 radical (unpaired) electrons. The van der Waals surface area contributed by atoms with Crippen molar-refractivity contribution >= 4 is 0 Å². The number of nitrogens with zero attached hydrogens (tertiary/aromatic N) is 3. The van der Waals surface area contributed by atoms with Crippen molar-refractivity contribution in [1.82, 2.24) is 15.1 Å². The van der Waals surface area contributed by atoms with Crippen molar-refractivity contribution in [3.63, 3.8) is 0 Å². The molecule has 0 aliphatic heterocycles. The van der Waals surface area contributed by atoms with Crippen LogP contribution in [0.1, 0.15) is 31.3 Å². The van der Waals surface area contributed by atoms with Gasteiger partial charge >= 0.3 is 0 Å². The number of aryl methyl sites for hydroxylation is 1. The monoisotopic (exact) mass is 319 g/mol. The van der Waals surface area contributed by atoms with Gasteiger partial charge in [0.05, 0.1) is 19.3 Å². The molecule has 6 heteroatoms. The van der Waals surface area contributed by atoms with Gasteiger partial charge in [0.1, 0.15) is 0 Å². The van der Waals surface area contributed by atoms with Crippen LogP contribution in [0.25, 0.3) is 11.5 Å². The van der Waals surface area contributed by atoms with Crippen molar-refractivity contribution in [2.45, 2.75) is 26.8 Å². The van der Waals surface area contributed by atoms with E-state index in [2.05, 4.69) is 10.2 Å². The van der Waals surface area contributed by atoms with Crippen molar-refractivity contribution in [3.8, 4) is 11.5 Å². The van der Waals surface area contributed by atoms with E-state index in [0.29, 0.717) is 18.3 Å². The second-order valence-corrected chi connectivity index (χ2v) is 6.53. The third kappa shape index (κ3) is 4.16. The van der Waals surface area contributed by atoms with Gasteiger partial charge in [-0.15, -0.1) is 10.2 Å². The topological polar surface area (TPSA) is 82.6 Å². The molecule has 0 aliphatic carbocycles. The Kier molecular flexibility index (Phi) is 5.51. The second kappa shape index (κ2) is 7.21. The fraction of sp³-hybridized carbons (Fsp3) is 0.529. The lowest BCUT2D eigenvalue weighted by molar-refractivity contribution is 0.0295. The SMILES string of the molecule is Cc1ccc(-c2nnc(C(C)N(C)CC(C)(CO)CO)o2)cc1. The summed E-state index contributed by atoms with van der Waals surface area (Å²) in [6.07, 6.45) is 0. The first-order valence-corrected chi connectivity index (χ1v) is 7.71. The molecule has 0 spiro atoms. The van der Waals surface area contributed by atoms with Gasteiger partial charge < -0.3 is 14.6 Å². The van der Waals surface area contributed by atoms with Crippen LogP contribution in [0.15, 0.2) is 28.7 Å². The molecule has 2 aromatic rings. The van der Waals surface area contributed by atoms with E-state index in [4.69, 9.17) is 4.42 Å². The summed E-state index contributed by atoms with van der Waals surface area (Å²) in [6, 6.07) is 7.80. The van der Waals surface area contributed by atoms with Crippen LogP contribution in [-0.4, -0.2) is 52.1 Å². The summed E-state index contributed by atoms with van der Waals surface area (Å²) in [5.41, 5.74) is 1.50. The van der Waals surface area contributed by atoms with Crippen LogP contribution in [-0.2, 0) is 0 Å². The largest absolute Gasteiger partial charge is 0.419 e. The van der Waals surface area contributed by atoms with Gasteiger partial charge in [0.25, 0.3) is 0 Å². The number of hydrogen-bond donors (Lipinski definition) is 2. The maximum absolute atomic E-state index is 9.42. The maximum atomic E-state index is 9.42. The van der Waals surface area contributed by atoms with E-state index < -0.39 is 5.41 Å². The zero-order valence-electron chi connectivity index (χ0n) is 14.2. The van der Waals surface area contributed by atoms with Crippen LogP contribution < -0.4 is 0 Å². The van der Waals surface area contributed by atoms with Gasteiger partial charge in [-0.2, -0.15) is 0 Å². The molecule has 1 aromatic heterocycles. The lowest BCUT2D eigenvalue weighted by Gasteiger charge is -2.32. The molecule has 23 heavy (non-hydrogen) atoms. The zero-order valence-corrected chi connectivity index (χ0v) is 14.2. The molecule has 0 fully saturated rings. The van der Waals surface area contributed by atoms with E-state index in [-0.39, 0.29) is 19.3 Å². The molecule has 6 nitrogen and oxygen atoms in total. The summed E-state index contributed by atoms with van der Waals surface area (Å²) in [4.78, 5) is 1.98. The third-order valence-corrected chi connectivity index (χ3v) is 4.15. The first-order valence-electron chi connectivity index (χ1n) is 7.71. The van der Waals surface area contributed by atoms with E-state index in [1.165, 1.54) is 5.56 Å². The highest BCUT2D eigenvalue weighted by Crippen LogP contribution is 2.26.